The fraction of sp³-hybridized carbons (Fsp3) is 0.588. The van der Waals surface area contributed by atoms with E-state index in [9.17, 15) is 4.79 Å². The Morgan fingerprint density at radius 3 is 2.95 bits per heavy atom. The molecular formula is C17H24N2O. The van der Waals surface area contributed by atoms with Crippen molar-refractivity contribution >= 4 is 11.7 Å². The third-order valence-corrected chi connectivity index (χ3v) is 4.71. The van der Waals surface area contributed by atoms with Gasteiger partial charge in [-0.25, -0.2) is 4.79 Å². The number of carbonyl (C=O) groups excluding carboxylic acids is 1. The van der Waals surface area contributed by atoms with Gasteiger partial charge >= 0.3 is 6.03 Å². The molecule has 1 heterocycles. The van der Waals surface area contributed by atoms with E-state index in [2.05, 4.69) is 24.4 Å². The molecular weight excluding hydrogens is 248 g/mol. The number of likely N-dealkylation sites (tertiary alicyclic amines) is 1. The molecule has 2 amide bonds. The van der Waals surface area contributed by atoms with E-state index in [1.807, 2.05) is 11.0 Å². The highest BCUT2D eigenvalue weighted by molar-refractivity contribution is 5.89. The van der Waals surface area contributed by atoms with Crippen molar-refractivity contribution in [1.82, 2.24) is 4.90 Å². The second kappa shape index (κ2) is 5.86. The minimum atomic E-state index is 0.0782. The summed E-state index contributed by atoms with van der Waals surface area (Å²) in [6.07, 6.45) is 8.17. The molecule has 1 N–H and O–H groups in total. The summed E-state index contributed by atoms with van der Waals surface area (Å²) in [6, 6.07) is 6.87. The molecule has 3 heteroatoms. The summed E-state index contributed by atoms with van der Waals surface area (Å²) < 4.78 is 0. The molecule has 3 rings (SSSR count). The average Bonchev–Trinajstić information content (AvgIpc) is 2.94. The Bertz CT molecular complexity index is 498. The van der Waals surface area contributed by atoms with Gasteiger partial charge in [0.15, 0.2) is 0 Å². The number of aryl methyl sites for hydroxylation is 2. The number of carbonyl (C=O) groups is 1. The minimum Gasteiger partial charge on any atom is -0.322 e. The molecule has 1 aromatic rings. The van der Waals surface area contributed by atoms with E-state index < -0.39 is 0 Å². The first kappa shape index (κ1) is 13.5. The van der Waals surface area contributed by atoms with E-state index >= 15 is 0 Å². The van der Waals surface area contributed by atoms with E-state index in [1.165, 1.54) is 30.4 Å². The Balaban J connectivity index is 1.69. The van der Waals surface area contributed by atoms with E-state index in [0.717, 1.165) is 37.9 Å². The summed E-state index contributed by atoms with van der Waals surface area (Å²) in [6.45, 7) is 3.07. The number of nitrogens with one attached hydrogen (secondary N) is 1. The quantitative estimate of drug-likeness (QED) is 0.868. The number of nitrogens with zero attached hydrogens (tertiary/aromatic N) is 1. The summed E-state index contributed by atoms with van der Waals surface area (Å²) >= 11 is 0. The summed E-state index contributed by atoms with van der Waals surface area (Å²) in [4.78, 5) is 14.5. The minimum absolute atomic E-state index is 0.0782. The van der Waals surface area contributed by atoms with Gasteiger partial charge in [0.25, 0.3) is 0 Å². The molecule has 0 aromatic heterocycles. The van der Waals surface area contributed by atoms with Crippen LogP contribution < -0.4 is 5.32 Å². The number of anilines is 1. The van der Waals surface area contributed by atoms with Gasteiger partial charge in [0.2, 0.25) is 0 Å². The lowest BCUT2D eigenvalue weighted by molar-refractivity contribution is 0.160. The fourth-order valence-electron chi connectivity index (χ4n) is 3.54. The number of hydrogen-bond acceptors (Lipinski definition) is 1. The van der Waals surface area contributed by atoms with Gasteiger partial charge in [-0.05, 0) is 68.2 Å². The number of piperidine rings is 1. The Labute approximate surface area is 121 Å². The molecule has 108 valence electrons. The van der Waals surface area contributed by atoms with Crippen LogP contribution in [0.5, 0.6) is 0 Å². The maximum absolute atomic E-state index is 12.5. The first-order chi connectivity index (χ1) is 9.78. The Hall–Kier alpha value is -1.51. The molecule has 0 unspecified atom stereocenters. The van der Waals surface area contributed by atoms with Gasteiger partial charge in [0, 0.05) is 18.3 Å². The van der Waals surface area contributed by atoms with Gasteiger partial charge < -0.3 is 10.2 Å². The van der Waals surface area contributed by atoms with Gasteiger partial charge in [-0.3, -0.25) is 0 Å². The average molecular weight is 272 g/mol. The van der Waals surface area contributed by atoms with Gasteiger partial charge in [-0.2, -0.15) is 0 Å². The number of amides is 2. The standard InChI is InChI=1S/C17H24N2O/c1-2-16-8-3-4-11-19(16)17(20)18-15-10-9-13-6-5-7-14(13)12-15/h9-10,12,16H,2-8,11H2,1H3,(H,18,20)/t16-/m0/s1. The van der Waals surface area contributed by atoms with E-state index in [0.29, 0.717) is 6.04 Å². The maximum Gasteiger partial charge on any atom is 0.322 e. The van der Waals surface area contributed by atoms with Crippen LogP contribution >= 0.6 is 0 Å². The highest BCUT2D eigenvalue weighted by Crippen LogP contribution is 2.26. The van der Waals surface area contributed by atoms with Crippen LogP contribution in [0.1, 0.15) is 50.2 Å². The lowest BCUT2D eigenvalue weighted by Crippen LogP contribution is -2.45. The molecule has 0 spiro atoms. The van der Waals surface area contributed by atoms with Crippen LogP contribution in [0.25, 0.3) is 0 Å². The molecule has 1 aliphatic heterocycles. The lowest BCUT2D eigenvalue weighted by atomic mass is 10.0. The molecule has 2 aliphatic rings. The highest BCUT2D eigenvalue weighted by atomic mass is 16.2. The number of hydrogen-bond donors (Lipinski definition) is 1. The Morgan fingerprint density at radius 2 is 2.10 bits per heavy atom. The SMILES string of the molecule is CC[C@H]1CCCCN1C(=O)Nc1ccc2c(c1)CCC2. The van der Waals surface area contributed by atoms with Gasteiger partial charge in [0.05, 0.1) is 0 Å². The maximum atomic E-state index is 12.5. The number of rotatable bonds is 2. The van der Waals surface area contributed by atoms with Gasteiger partial charge in [-0.1, -0.05) is 13.0 Å². The molecule has 1 aromatic carbocycles. The summed E-state index contributed by atoms with van der Waals surface area (Å²) in [5, 5.41) is 3.09. The number of benzene rings is 1. The number of urea groups is 1. The van der Waals surface area contributed by atoms with Crippen LogP contribution in [0.2, 0.25) is 0 Å². The van der Waals surface area contributed by atoms with Gasteiger partial charge in [-0.15, -0.1) is 0 Å². The van der Waals surface area contributed by atoms with Crippen molar-refractivity contribution in [3.63, 3.8) is 0 Å². The van der Waals surface area contributed by atoms with Crippen LogP contribution in [0.4, 0.5) is 10.5 Å². The van der Waals surface area contributed by atoms with Crippen LogP contribution in [-0.4, -0.2) is 23.5 Å². The smallest absolute Gasteiger partial charge is 0.322 e. The molecule has 0 bridgehead atoms. The predicted octanol–water partition coefficient (Wildman–Crippen LogP) is 3.97. The molecule has 0 radical (unpaired) electrons. The monoisotopic (exact) mass is 272 g/mol. The molecule has 1 aliphatic carbocycles. The molecule has 20 heavy (non-hydrogen) atoms. The zero-order chi connectivity index (χ0) is 13.9. The van der Waals surface area contributed by atoms with Crippen molar-refractivity contribution in [3.05, 3.63) is 29.3 Å². The molecule has 3 nitrogen and oxygen atoms in total. The third-order valence-electron chi connectivity index (χ3n) is 4.71. The zero-order valence-electron chi connectivity index (χ0n) is 12.3. The lowest BCUT2D eigenvalue weighted by Gasteiger charge is -2.35. The van der Waals surface area contributed by atoms with Crippen molar-refractivity contribution in [3.8, 4) is 0 Å². The first-order valence-electron chi connectivity index (χ1n) is 7.97. The third kappa shape index (κ3) is 2.67. The van der Waals surface area contributed by atoms with E-state index in [-0.39, 0.29) is 6.03 Å². The Morgan fingerprint density at radius 1 is 1.25 bits per heavy atom. The molecule has 0 saturated carbocycles. The fourth-order valence-corrected chi connectivity index (χ4v) is 3.54. The second-order valence-corrected chi connectivity index (χ2v) is 6.02. The van der Waals surface area contributed by atoms with Crippen molar-refractivity contribution in [1.29, 1.82) is 0 Å². The summed E-state index contributed by atoms with van der Waals surface area (Å²) in [7, 11) is 0. The molecule has 1 saturated heterocycles. The largest absolute Gasteiger partial charge is 0.322 e. The van der Waals surface area contributed by atoms with Crippen LogP contribution in [0, 0.1) is 0 Å². The zero-order valence-corrected chi connectivity index (χ0v) is 12.3. The topological polar surface area (TPSA) is 32.3 Å². The molecule has 1 fully saturated rings. The highest BCUT2D eigenvalue weighted by Gasteiger charge is 2.25. The Kier molecular flexibility index (Phi) is 3.95. The summed E-state index contributed by atoms with van der Waals surface area (Å²) in [5.74, 6) is 0. The van der Waals surface area contributed by atoms with E-state index in [1.54, 1.807) is 0 Å². The molecule has 1 atom stereocenters. The van der Waals surface area contributed by atoms with Gasteiger partial charge in [0.1, 0.15) is 0 Å². The van der Waals surface area contributed by atoms with Crippen LogP contribution in [-0.2, 0) is 12.8 Å². The van der Waals surface area contributed by atoms with Crippen molar-refractivity contribution in [2.75, 3.05) is 11.9 Å². The van der Waals surface area contributed by atoms with Crippen LogP contribution in [0.3, 0.4) is 0 Å². The van der Waals surface area contributed by atoms with Crippen molar-refractivity contribution < 1.29 is 4.79 Å². The van der Waals surface area contributed by atoms with Crippen molar-refractivity contribution in [2.24, 2.45) is 0 Å². The predicted molar refractivity (Wildman–Crippen MR) is 82.1 cm³/mol. The normalized spacial score (nSPS) is 21.6. The van der Waals surface area contributed by atoms with E-state index in [4.69, 9.17) is 0 Å². The first-order valence-corrected chi connectivity index (χ1v) is 7.97. The number of fused-ring (bicyclic) bond motifs is 1. The van der Waals surface area contributed by atoms with Crippen molar-refractivity contribution in [2.45, 2.75) is 57.9 Å². The second-order valence-electron chi connectivity index (χ2n) is 6.02. The summed E-state index contributed by atoms with van der Waals surface area (Å²) in [5.41, 5.74) is 3.82. The van der Waals surface area contributed by atoms with Crippen LogP contribution in [0.15, 0.2) is 18.2 Å².